The van der Waals surface area contributed by atoms with Crippen LogP contribution in [-0.4, -0.2) is 42.5 Å². The molecule has 5 heteroatoms. The van der Waals surface area contributed by atoms with Crippen LogP contribution in [0.5, 0.6) is 0 Å². The van der Waals surface area contributed by atoms with Gasteiger partial charge in [-0.1, -0.05) is 6.07 Å². The predicted molar refractivity (Wildman–Crippen MR) is 90.4 cm³/mol. The molecule has 1 aromatic rings. The van der Waals surface area contributed by atoms with Gasteiger partial charge in [-0.25, -0.2) is 0 Å². The zero-order valence-corrected chi connectivity index (χ0v) is 14.2. The molecular formula is C18H26N2O3. The van der Waals surface area contributed by atoms with Gasteiger partial charge in [0.1, 0.15) is 0 Å². The van der Waals surface area contributed by atoms with Crippen molar-refractivity contribution >= 4 is 17.5 Å². The predicted octanol–water partition coefficient (Wildman–Crippen LogP) is 2.66. The zero-order valence-electron chi connectivity index (χ0n) is 14.2. The first-order chi connectivity index (χ1) is 10.9. The fourth-order valence-electron chi connectivity index (χ4n) is 2.92. The van der Waals surface area contributed by atoms with Gasteiger partial charge in [-0.15, -0.1) is 0 Å². The number of hydrogen-bond acceptors (Lipinski definition) is 3. The van der Waals surface area contributed by atoms with Crippen LogP contribution in [0.3, 0.4) is 0 Å². The monoisotopic (exact) mass is 318 g/mol. The lowest BCUT2D eigenvalue weighted by molar-refractivity contribution is -0.130. The quantitative estimate of drug-likeness (QED) is 0.877. The van der Waals surface area contributed by atoms with Gasteiger partial charge in [0.25, 0.3) is 0 Å². The molecule has 0 aromatic heterocycles. The van der Waals surface area contributed by atoms with E-state index in [4.69, 9.17) is 4.74 Å². The first-order valence-corrected chi connectivity index (χ1v) is 8.19. The van der Waals surface area contributed by atoms with Crippen molar-refractivity contribution in [2.45, 2.75) is 46.1 Å². The van der Waals surface area contributed by atoms with Gasteiger partial charge in [-0.2, -0.15) is 0 Å². The molecule has 1 aromatic carbocycles. The Bertz CT molecular complexity index is 545. The van der Waals surface area contributed by atoms with Crippen molar-refractivity contribution in [3.8, 4) is 0 Å². The highest BCUT2D eigenvalue weighted by Gasteiger charge is 2.21. The molecule has 0 aliphatic carbocycles. The van der Waals surface area contributed by atoms with E-state index in [0.29, 0.717) is 19.5 Å². The molecule has 0 radical (unpaired) electrons. The van der Waals surface area contributed by atoms with Crippen LogP contribution >= 0.6 is 0 Å². The Morgan fingerprint density at radius 1 is 1.26 bits per heavy atom. The lowest BCUT2D eigenvalue weighted by Crippen LogP contribution is -2.37. The summed E-state index contributed by atoms with van der Waals surface area (Å²) >= 11 is 0. The highest BCUT2D eigenvalue weighted by Crippen LogP contribution is 2.15. The summed E-state index contributed by atoms with van der Waals surface area (Å²) in [5.41, 5.74) is 3.04. The van der Waals surface area contributed by atoms with Crippen LogP contribution in [0.25, 0.3) is 0 Å². The van der Waals surface area contributed by atoms with E-state index in [1.807, 2.05) is 26.0 Å². The summed E-state index contributed by atoms with van der Waals surface area (Å²) in [6.07, 6.45) is 2.43. The summed E-state index contributed by atoms with van der Waals surface area (Å²) in [5.74, 6) is -0.0895. The maximum absolute atomic E-state index is 12.1. The number of rotatable bonds is 6. The third kappa shape index (κ3) is 5.67. The van der Waals surface area contributed by atoms with Gasteiger partial charge in [0.05, 0.1) is 6.10 Å². The summed E-state index contributed by atoms with van der Waals surface area (Å²) < 4.78 is 5.57. The number of carbonyl (C=O) groups is 2. The first kappa shape index (κ1) is 17.5. The normalized spacial score (nSPS) is 17.1. The van der Waals surface area contributed by atoms with Gasteiger partial charge in [-0.05, 0) is 49.9 Å². The minimum Gasteiger partial charge on any atom is -0.376 e. The van der Waals surface area contributed by atoms with E-state index >= 15 is 0 Å². The van der Waals surface area contributed by atoms with Crippen molar-refractivity contribution in [2.24, 2.45) is 0 Å². The molecule has 1 heterocycles. The van der Waals surface area contributed by atoms with Crippen LogP contribution in [0.15, 0.2) is 18.2 Å². The molecule has 5 nitrogen and oxygen atoms in total. The molecular weight excluding hydrogens is 292 g/mol. The number of carbonyl (C=O) groups excluding carboxylic acids is 2. The second-order valence-electron chi connectivity index (χ2n) is 6.27. The van der Waals surface area contributed by atoms with Crippen molar-refractivity contribution < 1.29 is 14.3 Å². The number of hydrogen-bond donors (Lipinski definition) is 1. The topological polar surface area (TPSA) is 58.6 Å². The number of ether oxygens (including phenoxy) is 1. The van der Waals surface area contributed by atoms with E-state index < -0.39 is 0 Å². The molecule has 1 aliphatic heterocycles. The number of anilines is 1. The molecule has 0 saturated carbocycles. The van der Waals surface area contributed by atoms with Crippen LogP contribution in [0.4, 0.5) is 5.69 Å². The van der Waals surface area contributed by atoms with E-state index in [2.05, 4.69) is 11.4 Å². The zero-order chi connectivity index (χ0) is 16.8. The van der Waals surface area contributed by atoms with Crippen molar-refractivity contribution in [2.75, 3.05) is 25.0 Å². The second kappa shape index (κ2) is 8.11. The number of aryl methyl sites for hydroxylation is 2. The average Bonchev–Trinajstić information content (AvgIpc) is 2.94. The van der Waals surface area contributed by atoms with Crippen LogP contribution in [-0.2, 0) is 14.3 Å². The highest BCUT2D eigenvalue weighted by molar-refractivity contribution is 5.91. The summed E-state index contributed by atoms with van der Waals surface area (Å²) in [7, 11) is 0. The minimum atomic E-state index is -0.0754. The van der Waals surface area contributed by atoms with Crippen LogP contribution < -0.4 is 5.32 Å². The number of amides is 2. The molecule has 0 bridgehead atoms. The Balaban J connectivity index is 1.84. The lowest BCUT2D eigenvalue weighted by Gasteiger charge is -2.24. The van der Waals surface area contributed by atoms with Gasteiger partial charge >= 0.3 is 0 Å². The summed E-state index contributed by atoms with van der Waals surface area (Å²) in [4.78, 5) is 25.6. The molecule has 126 valence electrons. The standard InChI is InChI=1S/C18H26N2O3/c1-13-9-14(2)11-16(10-13)19-18(22)6-7-20(15(3)21)12-17-5-4-8-23-17/h9-11,17H,4-8,12H2,1-3H3,(H,19,22). The number of benzene rings is 1. The molecule has 23 heavy (non-hydrogen) atoms. The average molecular weight is 318 g/mol. The highest BCUT2D eigenvalue weighted by atomic mass is 16.5. The molecule has 1 N–H and O–H groups in total. The van der Waals surface area contributed by atoms with Gasteiger partial charge < -0.3 is 15.0 Å². The van der Waals surface area contributed by atoms with Crippen molar-refractivity contribution in [3.63, 3.8) is 0 Å². The number of nitrogens with one attached hydrogen (secondary N) is 1. The largest absolute Gasteiger partial charge is 0.376 e. The van der Waals surface area contributed by atoms with Gasteiger partial charge in [0.15, 0.2) is 0 Å². The Labute approximate surface area is 138 Å². The van der Waals surface area contributed by atoms with E-state index in [9.17, 15) is 9.59 Å². The Kier molecular flexibility index (Phi) is 6.16. The molecule has 1 atom stereocenters. The van der Waals surface area contributed by atoms with Crippen molar-refractivity contribution in [3.05, 3.63) is 29.3 Å². The maximum Gasteiger partial charge on any atom is 0.226 e. The van der Waals surface area contributed by atoms with Gasteiger partial charge in [0.2, 0.25) is 11.8 Å². The third-order valence-corrected chi connectivity index (χ3v) is 4.01. The fraction of sp³-hybridized carbons (Fsp3) is 0.556. The molecule has 0 spiro atoms. The smallest absolute Gasteiger partial charge is 0.226 e. The maximum atomic E-state index is 12.1. The molecule has 1 saturated heterocycles. The molecule has 1 unspecified atom stereocenters. The Morgan fingerprint density at radius 3 is 2.52 bits per heavy atom. The fourth-order valence-corrected chi connectivity index (χ4v) is 2.92. The second-order valence-corrected chi connectivity index (χ2v) is 6.27. The third-order valence-electron chi connectivity index (χ3n) is 4.01. The van der Waals surface area contributed by atoms with E-state index in [-0.39, 0.29) is 17.9 Å². The molecule has 1 fully saturated rings. The van der Waals surface area contributed by atoms with E-state index in [1.54, 1.807) is 4.90 Å². The Morgan fingerprint density at radius 2 is 1.96 bits per heavy atom. The Hall–Kier alpha value is -1.88. The first-order valence-electron chi connectivity index (χ1n) is 8.19. The van der Waals surface area contributed by atoms with Crippen molar-refractivity contribution in [1.29, 1.82) is 0 Å². The lowest BCUT2D eigenvalue weighted by atomic mass is 10.1. The van der Waals surface area contributed by atoms with Crippen LogP contribution in [0.2, 0.25) is 0 Å². The number of nitrogens with zero attached hydrogens (tertiary/aromatic N) is 1. The van der Waals surface area contributed by atoms with E-state index in [1.165, 1.54) is 6.92 Å². The summed E-state index contributed by atoms with van der Waals surface area (Å²) in [5, 5.41) is 2.90. The molecule has 2 rings (SSSR count). The van der Waals surface area contributed by atoms with Crippen LogP contribution in [0.1, 0.15) is 37.3 Å². The van der Waals surface area contributed by atoms with Crippen LogP contribution in [0, 0.1) is 13.8 Å². The van der Waals surface area contributed by atoms with E-state index in [0.717, 1.165) is 36.3 Å². The summed E-state index contributed by atoms with van der Waals surface area (Å²) in [6.45, 7) is 7.31. The SMILES string of the molecule is CC(=O)N(CCC(=O)Nc1cc(C)cc(C)c1)CC1CCCO1. The van der Waals surface area contributed by atoms with Crippen molar-refractivity contribution in [1.82, 2.24) is 4.90 Å². The molecule has 2 amide bonds. The van der Waals surface area contributed by atoms with Gasteiger partial charge in [-0.3, -0.25) is 9.59 Å². The minimum absolute atomic E-state index is 0.0142. The molecule has 1 aliphatic rings. The summed E-state index contributed by atoms with van der Waals surface area (Å²) in [6, 6.07) is 5.95. The van der Waals surface area contributed by atoms with Gasteiger partial charge in [0, 0.05) is 38.7 Å².